The molecule has 1 N–H and O–H groups in total. The van der Waals surface area contributed by atoms with Crippen molar-refractivity contribution in [2.45, 2.75) is 46.5 Å². The maximum absolute atomic E-state index is 4.76. The van der Waals surface area contributed by atoms with E-state index in [1.165, 1.54) is 54.8 Å². The van der Waals surface area contributed by atoms with Gasteiger partial charge in [0.25, 0.3) is 0 Å². The van der Waals surface area contributed by atoms with E-state index in [1.807, 2.05) is 11.3 Å². The average molecular weight is 360 g/mol. The lowest BCUT2D eigenvalue weighted by molar-refractivity contribution is -0.880. The number of anilines is 1. The van der Waals surface area contributed by atoms with Crippen LogP contribution in [0.4, 0.5) is 5.82 Å². The molecular formula is C20H31N4S+. The lowest BCUT2D eigenvalue weighted by Crippen LogP contribution is -3.12. The van der Waals surface area contributed by atoms with Crippen molar-refractivity contribution in [2.24, 2.45) is 11.3 Å². The Labute approximate surface area is 155 Å². The highest BCUT2D eigenvalue weighted by Crippen LogP contribution is 2.45. The van der Waals surface area contributed by atoms with E-state index in [9.17, 15) is 0 Å². The molecular weight excluding hydrogens is 328 g/mol. The van der Waals surface area contributed by atoms with E-state index < -0.39 is 0 Å². The summed E-state index contributed by atoms with van der Waals surface area (Å²) in [4.78, 5) is 16.3. The first-order valence-electron chi connectivity index (χ1n) is 9.81. The predicted molar refractivity (Wildman–Crippen MR) is 106 cm³/mol. The maximum atomic E-state index is 4.76. The van der Waals surface area contributed by atoms with Crippen LogP contribution in [-0.2, 0) is 12.8 Å². The van der Waals surface area contributed by atoms with Gasteiger partial charge in [-0.05, 0) is 36.2 Å². The van der Waals surface area contributed by atoms with Gasteiger partial charge in [-0.2, -0.15) is 0 Å². The van der Waals surface area contributed by atoms with Crippen LogP contribution in [0.15, 0.2) is 6.33 Å². The van der Waals surface area contributed by atoms with Crippen LogP contribution in [0.5, 0.6) is 0 Å². The number of piperazine rings is 1. The first kappa shape index (κ1) is 17.2. The molecule has 136 valence electrons. The van der Waals surface area contributed by atoms with Crippen LogP contribution in [0, 0.1) is 11.3 Å². The highest BCUT2D eigenvalue weighted by Gasteiger charge is 2.34. The Kier molecular flexibility index (Phi) is 4.49. The van der Waals surface area contributed by atoms with Crippen LogP contribution < -0.4 is 9.80 Å². The Hall–Kier alpha value is -1.20. The lowest BCUT2D eigenvalue weighted by atomic mass is 9.69. The summed E-state index contributed by atoms with van der Waals surface area (Å²) in [6, 6.07) is 0. The fourth-order valence-corrected chi connectivity index (χ4v) is 5.57. The number of rotatable bonds is 3. The molecule has 5 heteroatoms. The summed E-state index contributed by atoms with van der Waals surface area (Å²) >= 11 is 1.92. The van der Waals surface area contributed by atoms with Gasteiger partial charge < -0.3 is 9.80 Å². The highest BCUT2D eigenvalue weighted by atomic mass is 32.1. The molecule has 0 radical (unpaired) electrons. The molecule has 2 aromatic rings. The molecule has 0 spiro atoms. The first-order chi connectivity index (χ1) is 12.0. The molecule has 4 rings (SSSR count). The molecule has 0 saturated carbocycles. The van der Waals surface area contributed by atoms with E-state index in [4.69, 9.17) is 4.98 Å². The van der Waals surface area contributed by atoms with Gasteiger partial charge in [-0.3, -0.25) is 0 Å². The van der Waals surface area contributed by atoms with Crippen molar-refractivity contribution in [2.75, 3.05) is 38.1 Å². The lowest BCUT2D eigenvalue weighted by Gasteiger charge is -2.36. The molecule has 0 bridgehead atoms. The standard InChI is InChI=1S/C20H30N4S/c1-5-20(2,3)14-6-7-16-15(12-14)17-18(21-13-22-19(17)25-16)24-10-8-23(4)9-11-24/h13-14H,5-12H2,1-4H3/p+1/t14-/m0/s1. The zero-order valence-corrected chi connectivity index (χ0v) is 16.9. The van der Waals surface area contributed by atoms with E-state index in [0.29, 0.717) is 5.41 Å². The van der Waals surface area contributed by atoms with Gasteiger partial charge >= 0.3 is 0 Å². The molecule has 1 aliphatic carbocycles. The van der Waals surface area contributed by atoms with E-state index in [-0.39, 0.29) is 0 Å². The quantitative estimate of drug-likeness (QED) is 0.914. The minimum atomic E-state index is 0.416. The van der Waals surface area contributed by atoms with Crippen molar-refractivity contribution in [3.8, 4) is 0 Å². The van der Waals surface area contributed by atoms with Gasteiger partial charge in [-0.15, -0.1) is 11.3 Å². The van der Waals surface area contributed by atoms with Gasteiger partial charge in [0.05, 0.1) is 38.6 Å². The van der Waals surface area contributed by atoms with Gasteiger partial charge in [0.2, 0.25) is 0 Å². The molecule has 1 fully saturated rings. The minimum Gasteiger partial charge on any atom is -0.345 e. The van der Waals surface area contributed by atoms with Crippen LogP contribution >= 0.6 is 11.3 Å². The summed E-state index contributed by atoms with van der Waals surface area (Å²) in [7, 11) is 2.29. The second-order valence-electron chi connectivity index (χ2n) is 8.61. The molecule has 0 unspecified atom stereocenters. The smallest absolute Gasteiger partial charge is 0.141 e. The number of aryl methyl sites for hydroxylation is 1. The number of nitrogens with zero attached hydrogens (tertiary/aromatic N) is 3. The number of nitrogens with one attached hydrogen (secondary N) is 1. The SMILES string of the molecule is CCC(C)(C)[C@H]1CCc2sc3ncnc(N4CC[NH+](C)CC4)c3c2C1. The third-order valence-corrected chi connectivity index (χ3v) is 7.95. The van der Waals surface area contributed by atoms with Crippen LogP contribution in [0.1, 0.15) is 44.1 Å². The first-order valence-corrected chi connectivity index (χ1v) is 10.6. The molecule has 1 saturated heterocycles. The Morgan fingerprint density at radius 2 is 2.04 bits per heavy atom. The summed E-state index contributed by atoms with van der Waals surface area (Å²) in [5, 5.41) is 1.37. The Balaban J connectivity index is 1.74. The molecule has 25 heavy (non-hydrogen) atoms. The van der Waals surface area contributed by atoms with Gasteiger partial charge in [0.15, 0.2) is 0 Å². The average Bonchev–Trinajstić information content (AvgIpc) is 3.00. The number of hydrogen-bond donors (Lipinski definition) is 1. The van der Waals surface area contributed by atoms with Gasteiger partial charge in [-0.1, -0.05) is 27.2 Å². The number of fused-ring (bicyclic) bond motifs is 3. The largest absolute Gasteiger partial charge is 0.345 e. The van der Waals surface area contributed by atoms with Crippen molar-refractivity contribution in [3.05, 3.63) is 16.8 Å². The normalized spacial score (nSPS) is 22.4. The van der Waals surface area contributed by atoms with Crippen LogP contribution in [0.25, 0.3) is 10.2 Å². The highest BCUT2D eigenvalue weighted by molar-refractivity contribution is 7.19. The van der Waals surface area contributed by atoms with Crippen LogP contribution in [0.2, 0.25) is 0 Å². The Morgan fingerprint density at radius 1 is 1.28 bits per heavy atom. The molecule has 2 aromatic heterocycles. The van der Waals surface area contributed by atoms with Gasteiger partial charge in [-0.25, -0.2) is 9.97 Å². The zero-order valence-electron chi connectivity index (χ0n) is 16.1. The third kappa shape index (κ3) is 3.06. The summed E-state index contributed by atoms with van der Waals surface area (Å²) < 4.78 is 0. The minimum absolute atomic E-state index is 0.416. The van der Waals surface area contributed by atoms with E-state index in [1.54, 1.807) is 21.7 Å². The third-order valence-electron chi connectivity index (χ3n) is 6.75. The van der Waals surface area contributed by atoms with Gasteiger partial charge in [0.1, 0.15) is 17.0 Å². The van der Waals surface area contributed by atoms with Gasteiger partial charge in [0, 0.05) is 4.88 Å². The molecule has 0 amide bonds. The van der Waals surface area contributed by atoms with Crippen molar-refractivity contribution < 1.29 is 4.90 Å². The maximum Gasteiger partial charge on any atom is 0.141 e. The number of aromatic nitrogens is 2. The van der Waals surface area contributed by atoms with Crippen molar-refractivity contribution in [1.29, 1.82) is 0 Å². The molecule has 2 aliphatic rings. The molecule has 0 aromatic carbocycles. The Morgan fingerprint density at radius 3 is 2.76 bits per heavy atom. The second-order valence-corrected chi connectivity index (χ2v) is 9.69. The second kappa shape index (κ2) is 6.51. The zero-order chi connectivity index (χ0) is 17.6. The molecule has 1 aliphatic heterocycles. The van der Waals surface area contributed by atoms with Crippen molar-refractivity contribution in [3.63, 3.8) is 0 Å². The monoisotopic (exact) mass is 359 g/mol. The molecule has 4 nitrogen and oxygen atoms in total. The number of quaternary nitrogens is 1. The predicted octanol–water partition coefficient (Wildman–Crippen LogP) is 2.57. The molecule has 3 heterocycles. The number of thiophene rings is 1. The van der Waals surface area contributed by atoms with Crippen molar-refractivity contribution >= 4 is 27.4 Å². The van der Waals surface area contributed by atoms with Crippen LogP contribution in [0.3, 0.4) is 0 Å². The summed E-state index contributed by atoms with van der Waals surface area (Å²) in [6.45, 7) is 11.8. The summed E-state index contributed by atoms with van der Waals surface area (Å²) in [5.74, 6) is 1.97. The molecule has 1 atom stereocenters. The van der Waals surface area contributed by atoms with E-state index >= 15 is 0 Å². The van der Waals surface area contributed by atoms with E-state index in [0.717, 1.165) is 19.0 Å². The Bertz CT molecular complexity index is 758. The van der Waals surface area contributed by atoms with Crippen LogP contribution in [-0.4, -0.2) is 43.2 Å². The number of hydrogen-bond acceptors (Lipinski definition) is 4. The summed E-state index contributed by atoms with van der Waals surface area (Å²) in [6.07, 6.45) is 6.77. The van der Waals surface area contributed by atoms with E-state index in [2.05, 4.69) is 37.7 Å². The summed E-state index contributed by atoms with van der Waals surface area (Å²) in [5.41, 5.74) is 1.98. The number of likely N-dealkylation sites (N-methyl/N-ethyl adjacent to an activating group) is 1. The van der Waals surface area contributed by atoms with Crippen molar-refractivity contribution in [1.82, 2.24) is 9.97 Å². The topological polar surface area (TPSA) is 33.5 Å². The fourth-order valence-electron chi connectivity index (χ4n) is 4.39. The fraction of sp³-hybridized carbons (Fsp3) is 0.700.